The van der Waals surface area contributed by atoms with E-state index < -0.39 is 30.0 Å². The largest absolute Gasteiger partial charge is 0.392 e. The number of halogens is 3. The summed E-state index contributed by atoms with van der Waals surface area (Å²) in [5.41, 5.74) is 22.9. The first kappa shape index (κ1) is 35.1. The summed E-state index contributed by atoms with van der Waals surface area (Å²) in [5, 5.41) is 0. The first-order valence-electron chi connectivity index (χ1n) is 18.3. The predicted molar refractivity (Wildman–Crippen MR) is 176 cm³/mol. The number of allylic oxidation sites excluding steroid dienone is 4. The van der Waals surface area contributed by atoms with Crippen LogP contribution in [0, 0.1) is 53.3 Å². The monoisotopic (exact) mass is 634 g/mol. The third-order valence-corrected chi connectivity index (χ3v) is 12.8. The summed E-state index contributed by atoms with van der Waals surface area (Å²) >= 11 is 0. The fourth-order valence-electron chi connectivity index (χ4n) is 10.2. The van der Waals surface area contributed by atoms with Crippen molar-refractivity contribution in [2.75, 3.05) is 0 Å². The van der Waals surface area contributed by atoms with Crippen LogP contribution in [0.3, 0.4) is 0 Å². The van der Waals surface area contributed by atoms with Crippen LogP contribution in [-0.4, -0.2) is 36.1 Å². The molecule has 4 aliphatic carbocycles. The second-order valence-corrected chi connectivity index (χ2v) is 16.4. The number of hydrogen-bond donors (Lipinski definition) is 4. The third-order valence-electron chi connectivity index (χ3n) is 12.8. The predicted octanol–water partition coefficient (Wildman–Crippen LogP) is 7.61. The molecule has 0 spiro atoms. The highest BCUT2D eigenvalue weighted by molar-refractivity contribution is 5.86. The van der Waals surface area contributed by atoms with E-state index in [1.165, 1.54) is 17.6 Å². The first-order chi connectivity index (χ1) is 21.3. The van der Waals surface area contributed by atoms with Gasteiger partial charge in [0, 0.05) is 24.0 Å². The van der Waals surface area contributed by atoms with Crippen LogP contribution in [0.2, 0.25) is 0 Å². The molecule has 45 heavy (non-hydrogen) atoms. The number of hydrazine groups is 1. The lowest BCUT2D eigenvalue weighted by molar-refractivity contribution is -0.201. The van der Waals surface area contributed by atoms with E-state index in [1.807, 2.05) is 0 Å². The second kappa shape index (κ2) is 14.9. The molecule has 12 unspecified atom stereocenters. The van der Waals surface area contributed by atoms with E-state index in [1.54, 1.807) is 0 Å². The highest BCUT2D eigenvalue weighted by Gasteiger charge is 2.50. The molecule has 1 heterocycles. The quantitative estimate of drug-likeness (QED) is 0.216. The second-order valence-electron chi connectivity index (χ2n) is 16.4. The van der Waals surface area contributed by atoms with Gasteiger partial charge >= 0.3 is 6.18 Å². The fraction of sp³-hybridized carbons (Fsp3) is 0.865. The number of nitrogens with two attached hydrogens (primary N) is 2. The molecule has 1 aliphatic heterocycles. The first-order valence-corrected chi connectivity index (χ1v) is 18.3. The van der Waals surface area contributed by atoms with E-state index in [2.05, 4.69) is 50.7 Å². The molecular formula is C37H61F3N4O. The van der Waals surface area contributed by atoms with Crippen LogP contribution < -0.4 is 22.3 Å². The lowest BCUT2D eigenvalue weighted by Gasteiger charge is -2.49. The van der Waals surface area contributed by atoms with Crippen molar-refractivity contribution in [3.05, 3.63) is 23.3 Å². The van der Waals surface area contributed by atoms with E-state index in [0.29, 0.717) is 48.9 Å². The van der Waals surface area contributed by atoms with Crippen LogP contribution in [0.4, 0.5) is 13.2 Å². The molecule has 0 aromatic carbocycles. The maximum absolute atomic E-state index is 14.4. The van der Waals surface area contributed by atoms with Crippen LogP contribution in [0.15, 0.2) is 23.3 Å². The minimum absolute atomic E-state index is 0.00136. The number of carbonyl (C=O) groups excluding carboxylic acids is 1. The van der Waals surface area contributed by atoms with Gasteiger partial charge in [0.15, 0.2) is 5.78 Å². The zero-order valence-corrected chi connectivity index (χ0v) is 28.3. The van der Waals surface area contributed by atoms with Crippen molar-refractivity contribution in [2.24, 2.45) is 64.7 Å². The summed E-state index contributed by atoms with van der Waals surface area (Å²) in [6.07, 6.45) is 11.7. The van der Waals surface area contributed by atoms with E-state index >= 15 is 0 Å². The van der Waals surface area contributed by atoms with Gasteiger partial charge in [-0.25, -0.2) is 0 Å². The van der Waals surface area contributed by atoms with Crippen molar-refractivity contribution in [3.8, 4) is 0 Å². The zero-order valence-electron chi connectivity index (χ0n) is 28.3. The minimum Gasteiger partial charge on any atom is -0.326 e. The van der Waals surface area contributed by atoms with Gasteiger partial charge in [-0.1, -0.05) is 37.1 Å². The number of rotatable bonds is 7. The molecule has 6 N–H and O–H groups in total. The van der Waals surface area contributed by atoms with Crippen molar-refractivity contribution in [1.29, 1.82) is 0 Å². The SMILES string of the molecule is CC(C)=CC1CCC(=CCC2CCC(C(N)C(=O)C3CCC(C)C(C4CC5CC(C)CC(N)C5NN4)C3)CC2C(F)(F)F)CC1. The number of fused-ring (bicyclic) bond motifs is 1. The summed E-state index contributed by atoms with van der Waals surface area (Å²) in [6.45, 7) is 8.82. The molecule has 5 rings (SSSR count). The average molecular weight is 635 g/mol. The topological polar surface area (TPSA) is 93.2 Å². The molecule has 5 nitrogen and oxygen atoms in total. The normalized spacial score (nSPS) is 41.9. The molecule has 256 valence electrons. The van der Waals surface area contributed by atoms with Crippen molar-refractivity contribution in [1.82, 2.24) is 10.9 Å². The van der Waals surface area contributed by atoms with E-state index in [0.717, 1.165) is 57.8 Å². The van der Waals surface area contributed by atoms with Gasteiger partial charge in [0.25, 0.3) is 0 Å². The Bertz CT molecular complexity index is 1060. The third kappa shape index (κ3) is 8.63. The molecule has 5 fully saturated rings. The number of ketones is 1. The molecule has 0 amide bonds. The Morgan fingerprint density at radius 2 is 1.69 bits per heavy atom. The molecule has 0 aromatic rings. The van der Waals surface area contributed by atoms with Gasteiger partial charge in [-0.3, -0.25) is 15.6 Å². The van der Waals surface area contributed by atoms with Gasteiger partial charge in [0.05, 0.1) is 12.0 Å². The molecule has 0 aromatic heterocycles. The highest BCUT2D eigenvalue weighted by Crippen LogP contribution is 2.47. The minimum atomic E-state index is -4.27. The van der Waals surface area contributed by atoms with Crippen molar-refractivity contribution in [3.63, 3.8) is 0 Å². The Hall–Kier alpha value is -1.22. The molecule has 4 saturated carbocycles. The molecule has 1 saturated heterocycles. The average Bonchev–Trinajstić information content (AvgIpc) is 2.99. The van der Waals surface area contributed by atoms with Crippen LogP contribution in [0.25, 0.3) is 0 Å². The van der Waals surface area contributed by atoms with Gasteiger partial charge in [-0.15, -0.1) is 0 Å². The summed E-state index contributed by atoms with van der Waals surface area (Å²) in [6, 6.07) is -0.0922. The Kier molecular flexibility index (Phi) is 11.6. The fourth-order valence-corrected chi connectivity index (χ4v) is 10.2. The number of carbonyl (C=O) groups is 1. The summed E-state index contributed by atoms with van der Waals surface area (Å²) in [4.78, 5) is 13.8. The van der Waals surface area contributed by atoms with Gasteiger partial charge in [0.1, 0.15) is 0 Å². The molecule has 8 heteroatoms. The number of nitrogens with one attached hydrogen (secondary N) is 2. The van der Waals surface area contributed by atoms with Gasteiger partial charge < -0.3 is 11.5 Å². The van der Waals surface area contributed by atoms with E-state index in [-0.39, 0.29) is 36.2 Å². The standard InChI is InChI=1S/C37H61F3N4O/c1-21(2)15-25-8-6-24(7-9-25)10-12-26-13-14-27(19-31(26)37(38,39)40)34(42)36(45)28-11-5-23(4)30(18-28)33-20-29-16-22(3)17-32(41)35(29)44-43-33/h10,15,22-23,25-35,43-44H,5-9,11-14,16-20,41-42H2,1-4H3. The maximum atomic E-state index is 14.4. The Morgan fingerprint density at radius 3 is 2.38 bits per heavy atom. The smallest absolute Gasteiger partial charge is 0.326 e. The Morgan fingerprint density at radius 1 is 0.956 bits per heavy atom. The van der Waals surface area contributed by atoms with Gasteiger partial charge in [-0.2, -0.15) is 13.2 Å². The van der Waals surface area contributed by atoms with Crippen LogP contribution in [0.1, 0.15) is 118 Å². The summed E-state index contributed by atoms with van der Waals surface area (Å²) < 4.78 is 43.2. The van der Waals surface area contributed by atoms with Crippen molar-refractivity contribution >= 4 is 5.78 Å². The molecule has 0 bridgehead atoms. The summed E-state index contributed by atoms with van der Waals surface area (Å²) in [5.74, 6) is 0.200. The van der Waals surface area contributed by atoms with Crippen molar-refractivity contribution < 1.29 is 18.0 Å². The van der Waals surface area contributed by atoms with Crippen LogP contribution in [0.5, 0.6) is 0 Å². The lowest BCUT2D eigenvalue weighted by atomic mass is 9.64. The highest BCUT2D eigenvalue weighted by atomic mass is 19.4. The number of alkyl halides is 3. The molecule has 0 radical (unpaired) electrons. The lowest BCUT2D eigenvalue weighted by Crippen LogP contribution is -2.66. The molecule has 5 aliphatic rings. The Balaban J connectivity index is 1.17. The maximum Gasteiger partial charge on any atom is 0.392 e. The van der Waals surface area contributed by atoms with E-state index in [9.17, 15) is 18.0 Å². The zero-order chi connectivity index (χ0) is 32.5. The van der Waals surface area contributed by atoms with Gasteiger partial charge in [-0.05, 0) is 145 Å². The van der Waals surface area contributed by atoms with Crippen LogP contribution in [-0.2, 0) is 4.79 Å². The number of Topliss-reactive ketones (excluding diaryl/α,β-unsaturated/α-hetero) is 1. The van der Waals surface area contributed by atoms with Crippen molar-refractivity contribution in [2.45, 2.75) is 148 Å². The molecule has 12 atom stereocenters. The molecular weight excluding hydrogens is 573 g/mol. The number of hydrogen-bond acceptors (Lipinski definition) is 5. The van der Waals surface area contributed by atoms with Gasteiger partial charge in [0.2, 0.25) is 0 Å². The summed E-state index contributed by atoms with van der Waals surface area (Å²) in [7, 11) is 0. The Labute approximate surface area is 270 Å². The van der Waals surface area contributed by atoms with Crippen LogP contribution >= 0.6 is 0 Å². The van der Waals surface area contributed by atoms with E-state index in [4.69, 9.17) is 11.5 Å².